The van der Waals surface area contributed by atoms with E-state index in [1.165, 1.54) is 18.6 Å². The van der Waals surface area contributed by atoms with Crippen LogP contribution in [0.1, 0.15) is 23.5 Å². The normalized spacial score (nSPS) is 11.4. The molecule has 0 aliphatic carbocycles. The van der Waals surface area contributed by atoms with Gasteiger partial charge in [-0.3, -0.25) is 24.2 Å². The second-order valence-electron chi connectivity index (χ2n) is 6.14. The number of aromatic nitrogens is 3. The van der Waals surface area contributed by atoms with Crippen molar-refractivity contribution in [2.24, 2.45) is 5.92 Å². The van der Waals surface area contributed by atoms with Gasteiger partial charge in [0.15, 0.2) is 5.92 Å². The molecule has 0 fully saturated rings. The molecule has 1 unspecified atom stereocenters. The molecule has 3 aromatic rings. The maximum absolute atomic E-state index is 11.6. The first-order valence-corrected chi connectivity index (χ1v) is 8.91. The number of fused-ring (bicyclic) bond motifs is 1. The average Bonchev–Trinajstić information content (AvgIpc) is 3.10. The molecule has 0 aliphatic heterocycles. The lowest BCUT2D eigenvalue weighted by Crippen LogP contribution is -2.30. The van der Waals surface area contributed by atoms with Gasteiger partial charge in [0, 0.05) is 36.1 Å². The van der Waals surface area contributed by atoms with Gasteiger partial charge in [0.1, 0.15) is 12.1 Å². The van der Waals surface area contributed by atoms with Crippen LogP contribution < -0.4 is 0 Å². The summed E-state index contributed by atoms with van der Waals surface area (Å²) >= 11 is 6.23. The summed E-state index contributed by atoms with van der Waals surface area (Å²) in [7, 11) is 0. The summed E-state index contributed by atoms with van der Waals surface area (Å²) in [5.74, 6) is -8.16. The predicted molar refractivity (Wildman–Crippen MR) is 106 cm³/mol. The lowest BCUT2D eigenvalue weighted by atomic mass is 9.81. The molecule has 0 saturated heterocycles. The molecule has 0 amide bonds. The molecule has 0 spiro atoms. The summed E-state index contributed by atoms with van der Waals surface area (Å²) in [5.41, 5.74) is 1.37. The van der Waals surface area contributed by atoms with Crippen LogP contribution in [0.4, 0.5) is 0 Å². The fraction of sp³-hybridized carbons (Fsp3) is 0.158. The highest BCUT2D eigenvalue weighted by Gasteiger charge is 2.38. The highest BCUT2D eigenvalue weighted by atomic mass is 35.5. The van der Waals surface area contributed by atoms with E-state index in [4.69, 9.17) is 21.8 Å². The number of pyridine rings is 2. The Morgan fingerprint density at radius 2 is 1.65 bits per heavy atom. The molecular weight excluding hydrogens is 434 g/mol. The zero-order valence-corrected chi connectivity index (χ0v) is 16.4. The topological polar surface area (TPSA) is 191 Å². The Morgan fingerprint density at radius 1 is 1.00 bits per heavy atom. The quantitative estimate of drug-likeness (QED) is 0.333. The van der Waals surface area contributed by atoms with E-state index >= 15 is 0 Å². The molecule has 162 valence electrons. The van der Waals surface area contributed by atoms with Crippen LogP contribution in [0.2, 0.25) is 5.02 Å². The summed E-state index contributed by atoms with van der Waals surface area (Å²) in [6.07, 6.45) is 5.23. The number of nitrogens with one attached hydrogen (secondary N) is 1. The van der Waals surface area contributed by atoms with E-state index in [1.54, 1.807) is 24.4 Å². The van der Waals surface area contributed by atoms with Gasteiger partial charge >= 0.3 is 23.9 Å². The van der Waals surface area contributed by atoms with Crippen molar-refractivity contribution in [3.8, 4) is 0 Å². The van der Waals surface area contributed by atoms with Gasteiger partial charge in [-0.25, -0.2) is 4.98 Å². The first kappa shape index (κ1) is 23.3. The van der Waals surface area contributed by atoms with E-state index in [9.17, 15) is 29.4 Å². The fourth-order valence-electron chi connectivity index (χ4n) is 2.92. The summed E-state index contributed by atoms with van der Waals surface area (Å²) < 4.78 is 0. The van der Waals surface area contributed by atoms with Crippen molar-refractivity contribution in [2.45, 2.75) is 12.3 Å². The highest BCUT2D eigenvalue weighted by Crippen LogP contribution is 2.38. The molecule has 3 heterocycles. The third-order valence-electron chi connectivity index (χ3n) is 4.10. The van der Waals surface area contributed by atoms with Crippen molar-refractivity contribution >= 4 is 46.5 Å². The summed E-state index contributed by atoms with van der Waals surface area (Å²) in [5, 5.41) is 35.2. The molecule has 12 heteroatoms. The molecule has 11 nitrogen and oxygen atoms in total. The SMILES string of the molecule is O=C(O)C(C(=O)O)C(c1cccnc1)c1c[nH]c2nccc(Cl)c12.O=C(O)CC(=O)O. The Kier molecular flexibility index (Phi) is 7.64. The Bertz CT molecular complexity index is 1090. The molecule has 3 rings (SSSR count). The van der Waals surface area contributed by atoms with Crippen LogP contribution in [0.3, 0.4) is 0 Å². The van der Waals surface area contributed by atoms with Crippen LogP contribution in [0.25, 0.3) is 11.0 Å². The minimum Gasteiger partial charge on any atom is -0.481 e. The number of nitrogens with zero attached hydrogens (tertiary/aromatic N) is 2. The van der Waals surface area contributed by atoms with Crippen LogP contribution in [0.15, 0.2) is 43.0 Å². The molecule has 0 aliphatic rings. The van der Waals surface area contributed by atoms with Crippen LogP contribution >= 0.6 is 11.6 Å². The van der Waals surface area contributed by atoms with Gasteiger partial charge in [0.2, 0.25) is 0 Å². The molecule has 1 atom stereocenters. The van der Waals surface area contributed by atoms with Crippen LogP contribution in [-0.4, -0.2) is 59.3 Å². The van der Waals surface area contributed by atoms with Crippen LogP contribution in [-0.2, 0) is 19.2 Å². The predicted octanol–water partition coefficient (Wildman–Crippen LogP) is 2.07. The van der Waals surface area contributed by atoms with Gasteiger partial charge in [-0.05, 0) is 23.3 Å². The van der Waals surface area contributed by atoms with Gasteiger partial charge in [-0.2, -0.15) is 0 Å². The zero-order valence-electron chi connectivity index (χ0n) is 15.6. The number of carboxylic acid groups (broad SMARTS) is 4. The Balaban J connectivity index is 0.000000423. The maximum atomic E-state index is 11.6. The van der Waals surface area contributed by atoms with Crippen LogP contribution in [0.5, 0.6) is 0 Å². The number of rotatable bonds is 7. The summed E-state index contributed by atoms with van der Waals surface area (Å²) in [6, 6.07) is 4.83. The van der Waals surface area contributed by atoms with Crippen LogP contribution in [0, 0.1) is 5.92 Å². The number of aliphatic carboxylic acids is 4. The van der Waals surface area contributed by atoms with E-state index < -0.39 is 42.1 Å². The molecule has 0 bridgehead atoms. The number of hydrogen-bond acceptors (Lipinski definition) is 6. The molecule has 31 heavy (non-hydrogen) atoms. The minimum atomic E-state index is -1.69. The molecular formula is C19H16ClN3O8. The van der Waals surface area contributed by atoms with Gasteiger partial charge in [-0.15, -0.1) is 0 Å². The zero-order chi connectivity index (χ0) is 23.1. The number of carboxylic acids is 4. The van der Waals surface area contributed by atoms with E-state index in [-0.39, 0.29) is 0 Å². The standard InChI is InChI=1S/C16H12ClN3O4.C3H4O4/c17-10-3-5-19-14-12(10)9(7-20-14)11(8-2-1-4-18-6-8)13(15(21)22)16(23)24;4-2(5)1-3(6)7/h1-7,11,13H,(H,19,20)(H,21,22)(H,23,24);1H2,(H,4,5)(H,6,7). The van der Waals surface area contributed by atoms with Crippen molar-refractivity contribution in [3.05, 3.63) is 59.1 Å². The number of H-pyrrole nitrogens is 1. The van der Waals surface area contributed by atoms with E-state index in [0.29, 0.717) is 27.2 Å². The smallest absolute Gasteiger partial charge is 0.318 e. The minimum absolute atomic E-state index is 0.361. The largest absolute Gasteiger partial charge is 0.481 e. The average molecular weight is 450 g/mol. The lowest BCUT2D eigenvalue weighted by Gasteiger charge is -2.21. The fourth-order valence-corrected chi connectivity index (χ4v) is 3.17. The first-order valence-electron chi connectivity index (χ1n) is 8.54. The molecule has 0 saturated carbocycles. The van der Waals surface area contributed by atoms with Crippen molar-refractivity contribution in [1.29, 1.82) is 0 Å². The molecule has 0 aromatic carbocycles. The van der Waals surface area contributed by atoms with Gasteiger partial charge in [0.05, 0.1) is 5.02 Å². The molecule has 5 N–H and O–H groups in total. The molecule has 3 aromatic heterocycles. The molecule has 0 radical (unpaired) electrons. The third-order valence-corrected chi connectivity index (χ3v) is 4.41. The Labute approximate surface area is 179 Å². The van der Waals surface area contributed by atoms with Crippen molar-refractivity contribution in [1.82, 2.24) is 15.0 Å². The monoisotopic (exact) mass is 449 g/mol. The lowest BCUT2D eigenvalue weighted by molar-refractivity contribution is -0.155. The number of hydrogen-bond donors (Lipinski definition) is 5. The van der Waals surface area contributed by atoms with Crippen molar-refractivity contribution in [3.63, 3.8) is 0 Å². The van der Waals surface area contributed by atoms with E-state index in [1.807, 2.05) is 0 Å². The summed E-state index contributed by atoms with van der Waals surface area (Å²) in [6.45, 7) is 0. The number of aromatic amines is 1. The maximum Gasteiger partial charge on any atom is 0.318 e. The second-order valence-corrected chi connectivity index (χ2v) is 6.55. The third kappa shape index (κ3) is 5.76. The Morgan fingerprint density at radius 3 is 2.13 bits per heavy atom. The Hall–Kier alpha value is -3.99. The highest BCUT2D eigenvalue weighted by molar-refractivity contribution is 6.35. The van der Waals surface area contributed by atoms with Gasteiger partial charge in [-0.1, -0.05) is 17.7 Å². The van der Waals surface area contributed by atoms with Gasteiger partial charge in [0.25, 0.3) is 0 Å². The van der Waals surface area contributed by atoms with Crippen molar-refractivity contribution in [2.75, 3.05) is 0 Å². The van der Waals surface area contributed by atoms with E-state index in [0.717, 1.165) is 0 Å². The second kappa shape index (κ2) is 10.2. The van der Waals surface area contributed by atoms with Gasteiger partial charge < -0.3 is 25.4 Å². The number of halogens is 1. The van der Waals surface area contributed by atoms with Crippen molar-refractivity contribution < 1.29 is 39.6 Å². The number of carbonyl (C=O) groups is 4. The van der Waals surface area contributed by atoms with E-state index in [2.05, 4.69) is 15.0 Å². The first-order chi connectivity index (χ1) is 14.6. The summed E-state index contributed by atoms with van der Waals surface area (Å²) in [4.78, 5) is 53.1.